The normalized spacial score (nSPS) is 30.3. The van der Waals surface area contributed by atoms with Crippen LogP contribution in [0.4, 0.5) is 0 Å². The largest absolute Gasteiger partial charge is 0.300 e. The molecule has 0 aliphatic carbocycles. The van der Waals surface area contributed by atoms with Crippen LogP contribution in [-0.2, 0) is 9.84 Å². The van der Waals surface area contributed by atoms with Crippen molar-refractivity contribution in [3.05, 3.63) is 0 Å². The van der Waals surface area contributed by atoms with Gasteiger partial charge in [0, 0.05) is 19.1 Å². The van der Waals surface area contributed by atoms with Gasteiger partial charge in [0.1, 0.15) is 0 Å². The molecule has 1 atom stereocenters. The first-order valence-electron chi connectivity index (χ1n) is 4.85. The van der Waals surface area contributed by atoms with Crippen molar-refractivity contribution in [1.82, 2.24) is 4.90 Å². The van der Waals surface area contributed by atoms with E-state index in [9.17, 15) is 8.42 Å². The average Bonchev–Trinajstić information content (AvgIpc) is 2.07. The summed E-state index contributed by atoms with van der Waals surface area (Å²) in [5.74, 6) is 0.959. The van der Waals surface area contributed by atoms with Gasteiger partial charge in [0.25, 0.3) is 0 Å². The molecule has 78 valence electrons. The molecule has 1 rings (SSSR count). The maximum atomic E-state index is 11.4. The fraction of sp³-hybridized carbons (Fsp3) is 1.00. The molecule has 0 N–H and O–H groups in total. The summed E-state index contributed by atoms with van der Waals surface area (Å²) in [6.45, 7) is 7.86. The summed E-state index contributed by atoms with van der Waals surface area (Å²) in [6.07, 6.45) is 0. The highest BCUT2D eigenvalue weighted by molar-refractivity contribution is 7.91. The molecular weight excluding hydrogens is 186 g/mol. The minimum atomic E-state index is -2.78. The predicted octanol–water partition coefficient (Wildman–Crippen LogP) is 0.761. The van der Waals surface area contributed by atoms with Crippen LogP contribution in [0.25, 0.3) is 0 Å². The fourth-order valence-corrected chi connectivity index (χ4v) is 3.44. The molecule has 0 amide bonds. The lowest BCUT2D eigenvalue weighted by molar-refractivity contribution is 0.215. The van der Waals surface area contributed by atoms with E-state index < -0.39 is 9.84 Å². The minimum Gasteiger partial charge on any atom is -0.300 e. The van der Waals surface area contributed by atoms with E-state index in [0.29, 0.717) is 24.1 Å². The summed E-state index contributed by atoms with van der Waals surface area (Å²) in [5, 5.41) is 0. The Bertz CT molecular complexity index is 259. The fourth-order valence-electron chi connectivity index (χ4n) is 1.79. The highest BCUT2D eigenvalue weighted by atomic mass is 32.2. The Morgan fingerprint density at radius 3 is 2.54 bits per heavy atom. The number of nitrogens with zero attached hydrogens (tertiary/aromatic N) is 1. The van der Waals surface area contributed by atoms with Crippen molar-refractivity contribution in [3.8, 4) is 0 Å². The lowest BCUT2D eigenvalue weighted by Gasteiger charge is -2.25. The third kappa shape index (κ3) is 3.27. The first-order valence-corrected chi connectivity index (χ1v) is 6.67. The molecule has 0 bridgehead atoms. The lowest BCUT2D eigenvalue weighted by Crippen LogP contribution is -2.35. The Morgan fingerprint density at radius 2 is 2.00 bits per heavy atom. The molecule has 1 aliphatic rings. The lowest BCUT2D eigenvalue weighted by atomic mass is 10.2. The molecule has 4 heteroatoms. The van der Waals surface area contributed by atoms with Crippen molar-refractivity contribution < 1.29 is 8.42 Å². The molecule has 1 heterocycles. The van der Waals surface area contributed by atoms with Crippen molar-refractivity contribution >= 4 is 9.84 Å². The number of hydrogen-bond acceptors (Lipinski definition) is 3. The third-order valence-electron chi connectivity index (χ3n) is 2.50. The van der Waals surface area contributed by atoms with Crippen molar-refractivity contribution in [2.75, 3.05) is 24.6 Å². The molecule has 1 fully saturated rings. The standard InChI is InChI=1S/C9H19NO2S/c1-8(2)10-4-5-13(11,12)7-9(3)6-10/h8-9H,4-7H2,1-3H3. The van der Waals surface area contributed by atoms with E-state index in [1.54, 1.807) is 0 Å². The van der Waals surface area contributed by atoms with Crippen molar-refractivity contribution in [1.29, 1.82) is 0 Å². The van der Waals surface area contributed by atoms with Gasteiger partial charge in [-0.15, -0.1) is 0 Å². The Hall–Kier alpha value is -0.0900. The molecule has 0 saturated carbocycles. The predicted molar refractivity (Wildman–Crippen MR) is 54.5 cm³/mol. The van der Waals surface area contributed by atoms with Gasteiger partial charge >= 0.3 is 0 Å². The Labute approximate surface area is 81.0 Å². The van der Waals surface area contributed by atoms with Gasteiger partial charge in [-0.3, -0.25) is 4.90 Å². The van der Waals surface area contributed by atoms with E-state index in [1.807, 2.05) is 6.92 Å². The van der Waals surface area contributed by atoms with Gasteiger partial charge in [-0.05, 0) is 19.8 Å². The van der Waals surface area contributed by atoms with Crippen molar-refractivity contribution in [2.45, 2.75) is 26.8 Å². The Balaban J connectivity index is 2.69. The van der Waals surface area contributed by atoms with Gasteiger partial charge in [0.05, 0.1) is 11.5 Å². The highest BCUT2D eigenvalue weighted by Gasteiger charge is 2.25. The molecule has 1 aliphatic heterocycles. The molecule has 0 aromatic rings. The zero-order valence-electron chi connectivity index (χ0n) is 8.66. The van der Waals surface area contributed by atoms with Gasteiger partial charge in [0.2, 0.25) is 0 Å². The molecule has 13 heavy (non-hydrogen) atoms. The molecule has 0 spiro atoms. The summed E-state index contributed by atoms with van der Waals surface area (Å²) in [6, 6.07) is 0.454. The molecule has 1 saturated heterocycles. The Morgan fingerprint density at radius 1 is 1.38 bits per heavy atom. The van der Waals surface area contributed by atoms with Crippen LogP contribution in [0.1, 0.15) is 20.8 Å². The zero-order valence-corrected chi connectivity index (χ0v) is 9.47. The van der Waals surface area contributed by atoms with Gasteiger partial charge in [-0.25, -0.2) is 8.42 Å². The average molecular weight is 205 g/mol. The minimum absolute atomic E-state index is 0.273. The number of sulfone groups is 1. The topological polar surface area (TPSA) is 37.4 Å². The smallest absolute Gasteiger partial charge is 0.151 e. The number of hydrogen-bond donors (Lipinski definition) is 0. The van der Waals surface area contributed by atoms with Crippen LogP contribution in [0.5, 0.6) is 0 Å². The number of rotatable bonds is 1. The van der Waals surface area contributed by atoms with Crippen molar-refractivity contribution in [3.63, 3.8) is 0 Å². The van der Waals surface area contributed by atoms with Crippen LogP contribution in [0.3, 0.4) is 0 Å². The second-order valence-corrected chi connectivity index (χ2v) is 6.54. The highest BCUT2D eigenvalue weighted by Crippen LogP contribution is 2.12. The molecule has 3 nitrogen and oxygen atoms in total. The Kier molecular flexibility index (Phi) is 3.35. The van der Waals surface area contributed by atoms with Gasteiger partial charge in [-0.1, -0.05) is 6.92 Å². The first-order chi connectivity index (χ1) is 5.91. The monoisotopic (exact) mass is 205 g/mol. The van der Waals surface area contributed by atoms with Gasteiger partial charge in [-0.2, -0.15) is 0 Å². The molecule has 0 aromatic heterocycles. The molecular formula is C9H19NO2S. The van der Waals surface area contributed by atoms with E-state index in [0.717, 1.165) is 6.54 Å². The van der Waals surface area contributed by atoms with Crippen molar-refractivity contribution in [2.24, 2.45) is 5.92 Å². The summed E-state index contributed by atoms with van der Waals surface area (Å²) in [5.41, 5.74) is 0. The van der Waals surface area contributed by atoms with Gasteiger partial charge < -0.3 is 0 Å². The van der Waals surface area contributed by atoms with E-state index in [1.165, 1.54) is 0 Å². The van der Waals surface area contributed by atoms with Crippen LogP contribution in [0, 0.1) is 5.92 Å². The van der Waals surface area contributed by atoms with E-state index >= 15 is 0 Å². The summed E-state index contributed by atoms with van der Waals surface area (Å²) < 4.78 is 22.8. The van der Waals surface area contributed by atoms with Gasteiger partial charge in [0.15, 0.2) is 9.84 Å². The molecule has 0 radical (unpaired) electrons. The van der Waals surface area contributed by atoms with Crippen LogP contribution in [-0.4, -0.2) is 44.0 Å². The molecule has 1 unspecified atom stereocenters. The maximum Gasteiger partial charge on any atom is 0.151 e. The zero-order chi connectivity index (χ0) is 10.1. The SMILES string of the molecule is CC1CN(C(C)C)CCS(=O)(=O)C1. The van der Waals surface area contributed by atoms with Crippen LogP contribution < -0.4 is 0 Å². The van der Waals surface area contributed by atoms with E-state index in [4.69, 9.17) is 0 Å². The summed E-state index contributed by atoms with van der Waals surface area (Å²) in [4.78, 5) is 2.25. The van der Waals surface area contributed by atoms with Crippen LogP contribution in [0.2, 0.25) is 0 Å². The van der Waals surface area contributed by atoms with Crippen LogP contribution in [0.15, 0.2) is 0 Å². The quantitative estimate of drug-likeness (QED) is 0.634. The summed E-state index contributed by atoms with van der Waals surface area (Å²) >= 11 is 0. The van der Waals surface area contributed by atoms with E-state index in [2.05, 4.69) is 18.7 Å². The second-order valence-electron chi connectivity index (χ2n) is 4.31. The maximum absolute atomic E-state index is 11.4. The van der Waals surface area contributed by atoms with E-state index in [-0.39, 0.29) is 5.92 Å². The van der Waals surface area contributed by atoms with Crippen LogP contribution >= 0.6 is 0 Å². The summed E-state index contributed by atoms with van der Waals surface area (Å²) in [7, 11) is -2.78. The molecule has 0 aromatic carbocycles. The second kappa shape index (κ2) is 3.96. The first kappa shape index (κ1) is 11.0. The third-order valence-corrected chi connectivity index (χ3v) is 4.39.